The topological polar surface area (TPSA) is 12.5 Å². The van der Waals surface area contributed by atoms with Gasteiger partial charge in [0.2, 0.25) is 0 Å². The van der Waals surface area contributed by atoms with Crippen LogP contribution in [0, 0.1) is 5.92 Å². The predicted molar refractivity (Wildman–Crippen MR) is 70.8 cm³/mol. The average molecular weight is 280 g/mol. The minimum Gasteiger partial charge on any atom is -0.380 e. The Morgan fingerprint density at radius 2 is 2.00 bits per heavy atom. The van der Waals surface area contributed by atoms with Gasteiger partial charge in [-0.15, -0.1) is 0 Å². The average Bonchev–Trinajstić information content (AvgIpc) is 2.26. The SMILES string of the molecule is CCCC(CBr)CN(CC)CCOCC. The third-order valence-electron chi connectivity index (χ3n) is 2.63. The van der Waals surface area contributed by atoms with E-state index < -0.39 is 0 Å². The van der Waals surface area contributed by atoms with Gasteiger partial charge in [0.15, 0.2) is 0 Å². The molecule has 0 fully saturated rings. The van der Waals surface area contributed by atoms with E-state index in [9.17, 15) is 0 Å². The van der Waals surface area contributed by atoms with Crippen molar-refractivity contribution in [1.29, 1.82) is 0 Å². The van der Waals surface area contributed by atoms with Gasteiger partial charge in [-0.05, 0) is 25.8 Å². The van der Waals surface area contributed by atoms with E-state index in [1.807, 2.05) is 0 Å². The molecule has 0 aliphatic heterocycles. The van der Waals surface area contributed by atoms with Crippen LogP contribution in [-0.4, -0.2) is 43.1 Å². The van der Waals surface area contributed by atoms with Crippen LogP contribution in [-0.2, 0) is 4.74 Å². The largest absolute Gasteiger partial charge is 0.380 e. The van der Waals surface area contributed by atoms with Gasteiger partial charge < -0.3 is 9.64 Å². The normalized spacial score (nSPS) is 13.4. The maximum Gasteiger partial charge on any atom is 0.0593 e. The molecule has 92 valence electrons. The number of hydrogen-bond donors (Lipinski definition) is 0. The van der Waals surface area contributed by atoms with Gasteiger partial charge in [0.1, 0.15) is 0 Å². The second-order valence-electron chi connectivity index (χ2n) is 3.90. The Kier molecular flexibility index (Phi) is 11.2. The molecule has 0 amide bonds. The maximum absolute atomic E-state index is 5.39. The van der Waals surface area contributed by atoms with Gasteiger partial charge in [-0.3, -0.25) is 0 Å². The van der Waals surface area contributed by atoms with Crippen molar-refractivity contribution in [3.05, 3.63) is 0 Å². The summed E-state index contributed by atoms with van der Waals surface area (Å²) in [6.45, 7) is 11.6. The van der Waals surface area contributed by atoms with E-state index in [0.717, 1.165) is 37.6 Å². The van der Waals surface area contributed by atoms with Gasteiger partial charge in [-0.1, -0.05) is 36.2 Å². The van der Waals surface area contributed by atoms with Crippen LogP contribution in [0.1, 0.15) is 33.6 Å². The molecule has 0 aromatic rings. The van der Waals surface area contributed by atoms with E-state index >= 15 is 0 Å². The number of hydrogen-bond acceptors (Lipinski definition) is 2. The van der Waals surface area contributed by atoms with E-state index in [1.165, 1.54) is 19.4 Å². The maximum atomic E-state index is 5.39. The fraction of sp³-hybridized carbons (Fsp3) is 1.00. The lowest BCUT2D eigenvalue weighted by molar-refractivity contribution is 0.109. The van der Waals surface area contributed by atoms with Crippen LogP contribution in [0.3, 0.4) is 0 Å². The Balaban J connectivity index is 3.73. The van der Waals surface area contributed by atoms with Crippen LogP contribution in [0.25, 0.3) is 0 Å². The summed E-state index contributed by atoms with van der Waals surface area (Å²) in [6.07, 6.45) is 2.59. The lowest BCUT2D eigenvalue weighted by Gasteiger charge is -2.25. The van der Waals surface area contributed by atoms with Gasteiger partial charge in [-0.2, -0.15) is 0 Å². The Bertz CT molecular complexity index is 133. The molecule has 15 heavy (non-hydrogen) atoms. The highest BCUT2D eigenvalue weighted by Crippen LogP contribution is 2.11. The highest BCUT2D eigenvalue weighted by atomic mass is 79.9. The molecule has 0 aromatic heterocycles. The Morgan fingerprint density at radius 3 is 2.47 bits per heavy atom. The fourth-order valence-electron chi connectivity index (χ4n) is 1.71. The summed E-state index contributed by atoms with van der Waals surface area (Å²) in [5.74, 6) is 0.788. The third kappa shape index (κ3) is 8.23. The zero-order valence-corrected chi connectivity index (χ0v) is 12.1. The van der Waals surface area contributed by atoms with E-state index in [4.69, 9.17) is 4.74 Å². The highest BCUT2D eigenvalue weighted by Gasteiger charge is 2.10. The summed E-state index contributed by atoms with van der Waals surface area (Å²) in [4.78, 5) is 2.48. The quantitative estimate of drug-likeness (QED) is 0.450. The lowest BCUT2D eigenvalue weighted by atomic mass is 10.1. The van der Waals surface area contributed by atoms with Crippen molar-refractivity contribution in [3.63, 3.8) is 0 Å². The number of nitrogens with zero attached hydrogens (tertiary/aromatic N) is 1. The van der Waals surface area contributed by atoms with Crippen LogP contribution >= 0.6 is 15.9 Å². The number of alkyl halides is 1. The first kappa shape index (κ1) is 15.4. The van der Waals surface area contributed by atoms with Gasteiger partial charge in [-0.25, -0.2) is 0 Å². The molecule has 0 N–H and O–H groups in total. The number of likely N-dealkylation sites (N-methyl/N-ethyl adjacent to an activating group) is 1. The molecule has 0 rings (SSSR count). The molecule has 0 heterocycles. The Morgan fingerprint density at radius 1 is 1.27 bits per heavy atom. The second kappa shape index (κ2) is 10.9. The summed E-state index contributed by atoms with van der Waals surface area (Å²) < 4.78 is 5.39. The molecule has 0 saturated carbocycles. The molecule has 0 aromatic carbocycles. The predicted octanol–water partition coefficient (Wildman–Crippen LogP) is 3.16. The lowest BCUT2D eigenvalue weighted by Crippen LogP contribution is -2.33. The van der Waals surface area contributed by atoms with E-state index in [2.05, 4.69) is 41.6 Å². The van der Waals surface area contributed by atoms with Crippen LogP contribution in [0.15, 0.2) is 0 Å². The molecule has 0 spiro atoms. The molecular formula is C12H26BrNO. The zero-order valence-electron chi connectivity index (χ0n) is 10.5. The van der Waals surface area contributed by atoms with Crippen LogP contribution < -0.4 is 0 Å². The Labute approximate surface area is 103 Å². The second-order valence-corrected chi connectivity index (χ2v) is 4.55. The van der Waals surface area contributed by atoms with Crippen LogP contribution in [0.2, 0.25) is 0 Å². The van der Waals surface area contributed by atoms with Crippen molar-refractivity contribution in [2.75, 3.05) is 38.2 Å². The van der Waals surface area contributed by atoms with E-state index in [0.29, 0.717) is 0 Å². The fourth-order valence-corrected chi connectivity index (χ4v) is 2.24. The molecular weight excluding hydrogens is 254 g/mol. The first-order valence-corrected chi connectivity index (χ1v) is 7.26. The minimum absolute atomic E-state index is 0.788. The summed E-state index contributed by atoms with van der Waals surface area (Å²) in [5.41, 5.74) is 0. The number of halogens is 1. The molecule has 0 saturated heterocycles. The third-order valence-corrected chi connectivity index (χ3v) is 3.55. The van der Waals surface area contributed by atoms with Gasteiger partial charge >= 0.3 is 0 Å². The molecule has 0 aliphatic carbocycles. The van der Waals surface area contributed by atoms with Crippen molar-refractivity contribution in [3.8, 4) is 0 Å². The number of rotatable bonds is 10. The smallest absolute Gasteiger partial charge is 0.0593 e. The van der Waals surface area contributed by atoms with Crippen molar-refractivity contribution < 1.29 is 4.74 Å². The minimum atomic E-state index is 0.788. The van der Waals surface area contributed by atoms with Gasteiger partial charge in [0.05, 0.1) is 6.61 Å². The monoisotopic (exact) mass is 279 g/mol. The molecule has 0 radical (unpaired) electrons. The molecule has 1 unspecified atom stereocenters. The van der Waals surface area contributed by atoms with E-state index in [-0.39, 0.29) is 0 Å². The van der Waals surface area contributed by atoms with Crippen LogP contribution in [0.4, 0.5) is 0 Å². The Hall–Kier alpha value is 0.400. The zero-order chi connectivity index (χ0) is 11.5. The highest BCUT2D eigenvalue weighted by molar-refractivity contribution is 9.09. The van der Waals surface area contributed by atoms with Crippen molar-refractivity contribution in [1.82, 2.24) is 4.90 Å². The van der Waals surface area contributed by atoms with Gasteiger partial charge in [0.25, 0.3) is 0 Å². The van der Waals surface area contributed by atoms with Gasteiger partial charge in [0, 0.05) is 25.0 Å². The van der Waals surface area contributed by atoms with Crippen LogP contribution in [0.5, 0.6) is 0 Å². The van der Waals surface area contributed by atoms with Crippen molar-refractivity contribution in [2.24, 2.45) is 5.92 Å². The molecule has 1 atom stereocenters. The summed E-state index contributed by atoms with van der Waals surface area (Å²) in [6, 6.07) is 0. The first-order chi connectivity index (χ1) is 7.28. The van der Waals surface area contributed by atoms with E-state index in [1.54, 1.807) is 0 Å². The molecule has 0 aliphatic rings. The molecule has 2 nitrogen and oxygen atoms in total. The van der Waals surface area contributed by atoms with Crippen molar-refractivity contribution in [2.45, 2.75) is 33.6 Å². The molecule has 0 bridgehead atoms. The summed E-state index contributed by atoms with van der Waals surface area (Å²) >= 11 is 3.60. The first-order valence-electron chi connectivity index (χ1n) is 6.14. The number of ether oxygens (including phenoxy) is 1. The standard InChI is InChI=1S/C12H26BrNO/c1-4-7-12(10-13)11-14(5-2)8-9-15-6-3/h12H,4-11H2,1-3H3. The molecule has 3 heteroatoms. The van der Waals surface area contributed by atoms with Crippen molar-refractivity contribution >= 4 is 15.9 Å². The summed E-state index contributed by atoms with van der Waals surface area (Å²) in [7, 11) is 0. The summed E-state index contributed by atoms with van der Waals surface area (Å²) in [5, 5.41) is 1.12.